The molecule has 1 N–H and O–H groups in total. The van der Waals surface area contributed by atoms with Crippen molar-refractivity contribution in [2.45, 2.75) is 64.3 Å². The van der Waals surface area contributed by atoms with Crippen LogP contribution in [0, 0.1) is 17.8 Å². The molecule has 3 heteroatoms. The summed E-state index contributed by atoms with van der Waals surface area (Å²) >= 11 is 1.85. The second kappa shape index (κ2) is 5.42. The Bertz CT molecular complexity index is 460. The highest BCUT2D eigenvalue weighted by molar-refractivity contribution is 7.09. The van der Waals surface area contributed by atoms with Crippen molar-refractivity contribution < 1.29 is 0 Å². The fraction of sp³-hybridized carbons (Fsp3) is 0.824. The van der Waals surface area contributed by atoms with Crippen LogP contribution in [0.25, 0.3) is 0 Å². The average molecular weight is 292 g/mol. The van der Waals surface area contributed by atoms with E-state index in [4.69, 9.17) is 4.98 Å². The summed E-state index contributed by atoms with van der Waals surface area (Å²) in [6.45, 7) is 6.74. The summed E-state index contributed by atoms with van der Waals surface area (Å²) in [4.78, 5) is 4.88. The molecular weight excluding hydrogens is 264 g/mol. The van der Waals surface area contributed by atoms with E-state index in [1.165, 1.54) is 36.4 Å². The minimum Gasteiger partial charge on any atom is -0.316 e. The Morgan fingerprint density at radius 2 is 2.15 bits per heavy atom. The molecular formula is C17H28N2S. The Balaban J connectivity index is 1.67. The van der Waals surface area contributed by atoms with E-state index >= 15 is 0 Å². The van der Waals surface area contributed by atoms with E-state index in [0.717, 1.165) is 24.2 Å². The van der Waals surface area contributed by atoms with E-state index in [2.05, 4.69) is 38.5 Å². The van der Waals surface area contributed by atoms with Crippen molar-refractivity contribution in [2.75, 3.05) is 7.05 Å². The molecule has 0 spiro atoms. The SMILES string of the molecule is CNC(Cc1nc(C(C)(C)C)cs1)C1CC2CCC1C2. The van der Waals surface area contributed by atoms with Crippen LogP contribution >= 0.6 is 11.3 Å². The standard InChI is InChI=1S/C17H28N2S/c1-17(2,3)15-10-20-16(19-15)9-14(18-4)13-8-11-5-6-12(13)7-11/h10-14,18H,5-9H2,1-4H3. The van der Waals surface area contributed by atoms with Crippen molar-refractivity contribution in [3.8, 4) is 0 Å². The van der Waals surface area contributed by atoms with Gasteiger partial charge in [-0.2, -0.15) is 0 Å². The smallest absolute Gasteiger partial charge is 0.0944 e. The normalized spacial score (nSPS) is 30.9. The van der Waals surface area contributed by atoms with Crippen LogP contribution in [-0.4, -0.2) is 18.1 Å². The first-order valence-electron chi connectivity index (χ1n) is 8.09. The molecule has 1 heterocycles. The molecule has 0 saturated heterocycles. The number of rotatable bonds is 4. The van der Waals surface area contributed by atoms with Crippen LogP contribution in [0.2, 0.25) is 0 Å². The summed E-state index contributed by atoms with van der Waals surface area (Å²) in [5.41, 5.74) is 1.43. The van der Waals surface area contributed by atoms with Gasteiger partial charge in [-0.25, -0.2) is 4.98 Å². The van der Waals surface area contributed by atoms with Gasteiger partial charge in [0, 0.05) is 23.3 Å². The molecule has 2 aliphatic rings. The van der Waals surface area contributed by atoms with Gasteiger partial charge in [-0.1, -0.05) is 27.2 Å². The van der Waals surface area contributed by atoms with Crippen molar-refractivity contribution >= 4 is 11.3 Å². The molecule has 2 fully saturated rings. The second-order valence-electron chi connectivity index (χ2n) is 7.81. The molecule has 0 amide bonds. The molecule has 2 nitrogen and oxygen atoms in total. The maximum absolute atomic E-state index is 4.88. The molecule has 0 aromatic carbocycles. The van der Waals surface area contributed by atoms with Gasteiger partial charge in [0.15, 0.2) is 0 Å². The Kier molecular flexibility index (Phi) is 3.93. The van der Waals surface area contributed by atoms with Gasteiger partial charge in [0.25, 0.3) is 0 Å². The van der Waals surface area contributed by atoms with E-state index in [1.807, 2.05) is 11.3 Å². The Hall–Kier alpha value is -0.410. The first-order chi connectivity index (χ1) is 9.47. The molecule has 4 unspecified atom stereocenters. The van der Waals surface area contributed by atoms with Gasteiger partial charge in [0.05, 0.1) is 10.7 Å². The number of fused-ring (bicyclic) bond motifs is 2. The fourth-order valence-electron chi connectivity index (χ4n) is 4.19. The summed E-state index contributed by atoms with van der Waals surface area (Å²) in [6, 6.07) is 0.629. The molecule has 1 aromatic rings. The predicted molar refractivity (Wildman–Crippen MR) is 86.3 cm³/mol. The highest BCUT2D eigenvalue weighted by atomic mass is 32.1. The maximum atomic E-state index is 4.88. The molecule has 112 valence electrons. The van der Waals surface area contributed by atoms with E-state index in [0.29, 0.717) is 6.04 Å². The van der Waals surface area contributed by atoms with Crippen molar-refractivity contribution in [1.82, 2.24) is 10.3 Å². The van der Waals surface area contributed by atoms with Crippen LogP contribution in [0.3, 0.4) is 0 Å². The second-order valence-corrected chi connectivity index (χ2v) is 8.76. The minimum absolute atomic E-state index is 0.177. The molecule has 0 radical (unpaired) electrons. The summed E-state index contributed by atoms with van der Waals surface area (Å²) in [5.74, 6) is 2.91. The van der Waals surface area contributed by atoms with Crippen LogP contribution in [0.15, 0.2) is 5.38 Å². The van der Waals surface area contributed by atoms with Crippen LogP contribution in [0.4, 0.5) is 0 Å². The van der Waals surface area contributed by atoms with Gasteiger partial charge < -0.3 is 5.32 Å². The maximum Gasteiger partial charge on any atom is 0.0944 e. The molecule has 20 heavy (non-hydrogen) atoms. The van der Waals surface area contributed by atoms with E-state index in [9.17, 15) is 0 Å². The zero-order valence-corrected chi connectivity index (χ0v) is 14.1. The monoisotopic (exact) mass is 292 g/mol. The molecule has 2 saturated carbocycles. The van der Waals surface area contributed by atoms with E-state index in [1.54, 1.807) is 0 Å². The summed E-state index contributed by atoms with van der Waals surface area (Å²) in [5, 5.41) is 7.16. The topological polar surface area (TPSA) is 24.9 Å². The lowest BCUT2D eigenvalue weighted by Crippen LogP contribution is -2.38. The number of nitrogens with one attached hydrogen (secondary N) is 1. The number of hydrogen-bond acceptors (Lipinski definition) is 3. The van der Waals surface area contributed by atoms with Gasteiger partial charge in [-0.15, -0.1) is 11.3 Å². The van der Waals surface area contributed by atoms with Gasteiger partial charge in [-0.3, -0.25) is 0 Å². The quantitative estimate of drug-likeness (QED) is 0.907. The summed E-state index contributed by atoms with van der Waals surface area (Å²) < 4.78 is 0. The molecule has 2 bridgehead atoms. The number of thiazole rings is 1. The lowest BCUT2D eigenvalue weighted by Gasteiger charge is -2.29. The first kappa shape index (κ1) is 14.5. The molecule has 4 atom stereocenters. The summed E-state index contributed by atoms with van der Waals surface area (Å²) in [6.07, 6.45) is 7.02. The fourth-order valence-corrected chi connectivity index (χ4v) is 5.27. The predicted octanol–water partition coefficient (Wildman–Crippen LogP) is 4.01. The summed E-state index contributed by atoms with van der Waals surface area (Å²) in [7, 11) is 2.13. The van der Waals surface area contributed by atoms with Crippen molar-refractivity contribution in [3.05, 3.63) is 16.1 Å². The van der Waals surface area contributed by atoms with Crippen molar-refractivity contribution in [2.24, 2.45) is 17.8 Å². The first-order valence-corrected chi connectivity index (χ1v) is 8.97. The van der Waals surface area contributed by atoms with Gasteiger partial charge >= 0.3 is 0 Å². The zero-order chi connectivity index (χ0) is 14.3. The van der Waals surface area contributed by atoms with Crippen LogP contribution < -0.4 is 5.32 Å². The Morgan fingerprint density at radius 1 is 1.35 bits per heavy atom. The Labute approximate surface area is 127 Å². The Morgan fingerprint density at radius 3 is 2.65 bits per heavy atom. The average Bonchev–Trinajstić information content (AvgIpc) is 3.10. The molecule has 2 aliphatic carbocycles. The third kappa shape index (κ3) is 2.80. The minimum atomic E-state index is 0.177. The third-order valence-corrected chi connectivity index (χ3v) is 6.27. The molecule has 3 rings (SSSR count). The van der Waals surface area contributed by atoms with Gasteiger partial charge in [0.1, 0.15) is 0 Å². The highest BCUT2D eigenvalue weighted by Crippen LogP contribution is 2.49. The molecule has 0 aliphatic heterocycles. The van der Waals surface area contributed by atoms with Crippen molar-refractivity contribution in [1.29, 1.82) is 0 Å². The number of nitrogens with zero attached hydrogens (tertiary/aromatic N) is 1. The van der Waals surface area contributed by atoms with Crippen LogP contribution in [0.1, 0.15) is 57.2 Å². The number of hydrogen-bond donors (Lipinski definition) is 1. The van der Waals surface area contributed by atoms with E-state index in [-0.39, 0.29) is 5.41 Å². The van der Waals surface area contributed by atoms with Crippen LogP contribution in [0.5, 0.6) is 0 Å². The number of likely N-dealkylation sites (N-methyl/N-ethyl adjacent to an activating group) is 1. The lowest BCUT2D eigenvalue weighted by atomic mass is 9.82. The third-order valence-electron chi connectivity index (χ3n) is 5.40. The van der Waals surface area contributed by atoms with Crippen molar-refractivity contribution in [3.63, 3.8) is 0 Å². The van der Waals surface area contributed by atoms with Gasteiger partial charge in [0.2, 0.25) is 0 Å². The zero-order valence-electron chi connectivity index (χ0n) is 13.3. The molecule has 1 aromatic heterocycles. The van der Waals surface area contributed by atoms with Crippen LogP contribution in [-0.2, 0) is 11.8 Å². The highest BCUT2D eigenvalue weighted by Gasteiger charge is 2.42. The largest absolute Gasteiger partial charge is 0.316 e. The lowest BCUT2D eigenvalue weighted by molar-refractivity contribution is 0.255. The van der Waals surface area contributed by atoms with Gasteiger partial charge in [-0.05, 0) is 44.1 Å². The number of aromatic nitrogens is 1. The van der Waals surface area contributed by atoms with E-state index < -0.39 is 0 Å².